The second-order valence-electron chi connectivity index (χ2n) is 6.22. The molecule has 0 saturated heterocycles. The van der Waals surface area contributed by atoms with Crippen LogP contribution in [0.3, 0.4) is 0 Å². The van der Waals surface area contributed by atoms with Crippen molar-refractivity contribution in [2.45, 2.75) is 26.4 Å². The van der Waals surface area contributed by atoms with Gasteiger partial charge in [0.05, 0.1) is 5.69 Å². The molecule has 150 valence electrons. The number of hydrogen-bond acceptors (Lipinski definition) is 5. The Labute approximate surface area is 170 Å². The van der Waals surface area contributed by atoms with Crippen molar-refractivity contribution in [2.75, 3.05) is 5.32 Å². The summed E-state index contributed by atoms with van der Waals surface area (Å²) < 4.78 is 32.2. The number of hydrogen-bond donors (Lipinski definition) is 1. The lowest BCUT2D eigenvalue weighted by molar-refractivity contribution is -0.123. The molecule has 0 aliphatic heterocycles. The fraction of sp³-hybridized carbons (Fsp3) is 0.190. The minimum Gasteiger partial charge on any atom is -0.449 e. The van der Waals surface area contributed by atoms with Gasteiger partial charge in [0.15, 0.2) is 11.2 Å². The van der Waals surface area contributed by atoms with Gasteiger partial charge in [-0.1, -0.05) is 37.3 Å². The van der Waals surface area contributed by atoms with Crippen LogP contribution in [-0.2, 0) is 16.0 Å². The molecule has 0 spiro atoms. The lowest BCUT2D eigenvalue weighted by Crippen LogP contribution is -2.30. The van der Waals surface area contributed by atoms with E-state index in [9.17, 15) is 18.4 Å². The Morgan fingerprint density at radius 2 is 1.79 bits per heavy atom. The molecule has 5 nitrogen and oxygen atoms in total. The zero-order chi connectivity index (χ0) is 21.0. The molecule has 1 heterocycles. The summed E-state index contributed by atoms with van der Waals surface area (Å²) in [7, 11) is 0. The largest absolute Gasteiger partial charge is 0.449 e. The lowest BCUT2D eigenvalue weighted by Gasteiger charge is -2.13. The molecule has 0 aliphatic rings. The van der Waals surface area contributed by atoms with Gasteiger partial charge in [-0.2, -0.15) is 0 Å². The molecule has 0 aliphatic carbocycles. The number of anilines is 1. The molecule has 1 amide bonds. The van der Waals surface area contributed by atoms with Crippen LogP contribution in [0, 0.1) is 11.6 Å². The standard InChI is InChI=1S/C21H18F2N2O3S/c1-3-13-7-9-14(10-8-13)17-11-29-21(24-17)25-19(26)12(2)28-20(27)18-15(22)5-4-6-16(18)23/h4-12H,3H2,1-2H3,(H,24,25,26)/t12-/m1/s1. The third-order valence-corrected chi connectivity index (χ3v) is 4.97. The second-order valence-corrected chi connectivity index (χ2v) is 7.08. The molecule has 0 radical (unpaired) electrons. The van der Waals surface area contributed by atoms with E-state index < -0.39 is 35.2 Å². The Balaban J connectivity index is 1.64. The number of carbonyl (C=O) groups is 2. The molecule has 0 bridgehead atoms. The highest BCUT2D eigenvalue weighted by Gasteiger charge is 2.24. The van der Waals surface area contributed by atoms with Crippen LogP contribution in [-0.4, -0.2) is 23.0 Å². The van der Waals surface area contributed by atoms with Crippen LogP contribution in [0.1, 0.15) is 29.8 Å². The van der Waals surface area contributed by atoms with Crippen LogP contribution in [0.5, 0.6) is 0 Å². The smallest absolute Gasteiger partial charge is 0.344 e. The number of aromatic nitrogens is 1. The third kappa shape index (κ3) is 4.83. The Hall–Kier alpha value is -3.13. The van der Waals surface area contributed by atoms with Crippen molar-refractivity contribution < 1.29 is 23.1 Å². The van der Waals surface area contributed by atoms with Crippen molar-refractivity contribution in [2.24, 2.45) is 0 Å². The first-order valence-electron chi connectivity index (χ1n) is 8.89. The van der Waals surface area contributed by atoms with Gasteiger partial charge in [-0.05, 0) is 31.0 Å². The summed E-state index contributed by atoms with van der Waals surface area (Å²) in [5, 5.41) is 4.66. The first-order chi connectivity index (χ1) is 13.9. The second kappa shape index (κ2) is 8.91. The van der Waals surface area contributed by atoms with Gasteiger partial charge in [0.25, 0.3) is 5.91 Å². The molecule has 8 heteroatoms. The molecular weight excluding hydrogens is 398 g/mol. The van der Waals surface area contributed by atoms with Gasteiger partial charge in [-0.3, -0.25) is 10.1 Å². The maximum atomic E-state index is 13.7. The number of nitrogens with zero attached hydrogens (tertiary/aromatic N) is 1. The summed E-state index contributed by atoms with van der Waals surface area (Å²) in [5.41, 5.74) is 1.98. The number of thiazole rings is 1. The van der Waals surface area contributed by atoms with Crippen molar-refractivity contribution in [3.05, 3.63) is 70.6 Å². The highest BCUT2D eigenvalue weighted by Crippen LogP contribution is 2.25. The van der Waals surface area contributed by atoms with Crippen LogP contribution in [0.15, 0.2) is 47.8 Å². The Kier molecular flexibility index (Phi) is 6.33. The van der Waals surface area contributed by atoms with Crippen LogP contribution >= 0.6 is 11.3 Å². The molecule has 1 N–H and O–H groups in total. The number of benzene rings is 2. The topological polar surface area (TPSA) is 68.3 Å². The van der Waals surface area contributed by atoms with Crippen molar-refractivity contribution in [1.82, 2.24) is 4.98 Å². The van der Waals surface area contributed by atoms with Crippen molar-refractivity contribution in [3.8, 4) is 11.3 Å². The zero-order valence-electron chi connectivity index (χ0n) is 15.7. The Morgan fingerprint density at radius 1 is 1.14 bits per heavy atom. The molecule has 1 atom stereocenters. The van der Waals surface area contributed by atoms with E-state index in [0.717, 1.165) is 30.2 Å². The van der Waals surface area contributed by atoms with E-state index >= 15 is 0 Å². The number of carbonyl (C=O) groups excluding carboxylic acids is 2. The molecule has 2 aromatic carbocycles. The average Bonchev–Trinajstić information content (AvgIpc) is 3.16. The predicted octanol–water partition coefficient (Wildman–Crippen LogP) is 4.83. The van der Waals surface area contributed by atoms with E-state index in [1.54, 1.807) is 5.38 Å². The van der Waals surface area contributed by atoms with Crippen molar-refractivity contribution >= 4 is 28.3 Å². The van der Waals surface area contributed by atoms with Gasteiger partial charge in [0, 0.05) is 10.9 Å². The van der Waals surface area contributed by atoms with Gasteiger partial charge in [0.2, 0.25) is 0 Å². The van der Waals surface area contributed by atoms with E-state index in [-0.39, 0.29) is 0 Å². The van der Waals surface area contributed by atoms with E-state index in [2.05, 4.69) is 17.2 Å². The summed E-state index contributed by atoms with van der Waals surface area (Å²) in [4.78, 5) is 28.6. The Morgan fingerprint density at radius 3 is 2.41 bits per heavy atom. The van der Waals surface area contributed by atoms with E-state index in [4.69, 9.17) is 4.74 Å². The van der Waals surface area contributed by atoms with Gasteiger partial charge in [-0.15, -0.1) is 11.3 Å². The van der Waals surface area contributed by atoms with E-state index in [1.165, 1.54) is 23.8 Å². The Bertz CT molecular complexity index is 1010. The molecule has 0 saturated carbocycles. The fourth-order valence-electron chi connectivity index (χ4n) is 2.55. The summed E-state index contributed by atoms with van der Waals surface area (Å²) in [5.74, 6) is -4.01. The number of esters is 1. The van der Waals surface area contributed by atoms with Crippen molar-refractivity contribution in [1.29, 1.82) is 0 Å². The molecule has 0 fully saturated rings. The van der Waals surface area contributed by atoms with Gasteiger partial charge < -0.3 is 4.74 Å². The quantitative estimate of drug-likeness (QED) is 0.584. The molecule has 29 heavy (non-hydrogen) atoms. The van der Waals surface area contributed by atoms with Crippen LogP contribution < -0.4 is 5.32 Å². The molecule has 0 unspecified atom stereocenters. The lowest BCUT2D eigenvalue weighted by atomic mass is 10.1. The van der Waals surface area contributed by atoms with Gasteiger partial charge >= 0.3 is 5.97 Å². The first-order valence-corrected chi connectivity index (χ1v) is 9.77. The minimum absolute atomic E-state index is 0.324. The van der Waals surface area contributed by atoms with Crippen LogP contribution in [0.2, 0.25) is 0 Å². The maximum absolute atomic E-state index is 13.7. The molecule has 3 rings (SSSR count). The summed E-state index contributed by atoms with van der Waals surface area (Å²) in [6.07, 6.45) is -0.329. The minimum atomic E-state index is -1.27. The fourth-order valence-corrected chi connectivity index (χ4v) is 3.27. The number of aryl methyl sites for hydroxylation is 1. The summed E-state index contributed by atoms with van der Waals surface area (Å²) >= 11 is 1.22. The molecule has 1 aromatic heterocycles. The van der Waals surface area contributed by atoms with Crippen LogP contribution in [0.4, 0.5) is 13.9 Å². The number of ether oxygens (including phenoxy) is 1. The monoisotopic (exact) mass is 416 g/mol. The van der Waals surface area contributed by atoms with Gasteiger partial charge in [-0.25, -0.2) is 18.6 Å². The number of halogens is 2. The highest BCUT2D eigenvalue weighted by atomic mass is 32.1. The van der Waals surface area contributed by atoms with E-state index in [1.807, 2.05) is 24.3 Å². The maximum Gasteiger partial charge on any atom is 0.344 e. The number of amides is 1. The first kappa shape index (κ1) is 20.6. The van der Waals surface area contributed by atoms with Crippen LogP contribution in [0.25, 0.3) is 11.3 Å². The normalized spacial score (nSPS) is 11.7. The summed E-state index contributed by atoms with van der Waals surface area (Å²) in [6, 6.07) is 10.9. The third-order valence-electron chi connectivity index (χ3n) is 4.21. The average molecular weight is 416 g/mol. The highest BCUT2D eigenvalue weighted by molar-refractivity contribution is 7.14. The summed E-state index contributed by atoms with van der Waals surface area (Å²) in [6.45, 7) is 3.38. The van der Waals surface area contributed by atoms with E-state index in [0.29, 0.717) is 10.8 Å². The number of rotatable bonds is 6. The van der Waals surface area contributed by atoms with Crippen molar-refractivity contribution in [3.63, 3.8) is 0 Å². The molecular formula is C21H18F2N2O3S. The zero-order valence-corrected chi connectivity index (χ0v) is 16.6. The SMILES string of the molecule is CCc1ccc(-c2csc(NC(=O)[C@@H](C)OC(=O)c3c(F)cccc3F)n2)cc1. The predicted molar refractivity (Wildman–Crippen MR) is 107 cm³/mol. The molecule has 3 aromatic rings. The number of nitrogens with one attached hydrogen (secondary N) is 1. The van der Waals surface area contributed by atoms with Gasteiger partial charge in [0.1, 0.15) is 17.2 Å².